The Hall–Kier alpha value is -1.91. The van der Waals surface area contributed by atoms with Gasteiger partial charge in [-0.3, -0.25) is 10.2 Å². The second kappa shape index (κ2) is 3.87. The van der Waals surface area contributed by atoms with E-state index in [1.807, 2.05) is 0 Å². The largest absolute Gasteiger partial charge is 0.426 e. The first kappa shape index (κ1) is 10.2. The van der Waals surface area contributed by atoms with Gasteiger partial charge in [-0.25, -0.2) is 4.39 Å². The number of carbonyl (C=O) groups excluding carboxylic acids is 1. The molecule has 1 aromatic carbocycles. The molecule has 1 rings (SSSR count). The quantitative estimate of drug-likeness (QED) is 0.321. The number of nitrogen functional groups attached to an aromatic ring is 1. The summed E-state index contributed by atoms with van der Waals surface area (Å²) in [5, 5.41) is 7.16. The van der Waals surface area contributed by atoms with Crippen LogP contribution in [0.2, 0.25) is 0 Å². The van der Waals surface area contributed by atoms with Gasteiger partial charge < -0.3 is 10.5 Å². The lowest BCUT2D eigenvalue weighted by Gasteiger charge is -2.06. The van der Waals surface area contributed by atoms with Crippen molar-refractivity contribution in [2.24, 2.45) is 5.73 Å². The van der Waals surface area contributed by atoms with Gasteiger partial charge in [0.25, 0.3) is 0 Å². The Balaban J connectivity index is 3.15. The van der Waals surface area contributed by atoms with E-state index in [2.05, 4.69) is 4.74 Å². The molecule has 0 spiro atoms. The topological polar surface area (TPSA) is 76.2 Å². The molecule has 0 saturated carbocycles. The highest BCUT2D eigenvalue weighted by Gasteiger charge is 2.09. The van der Waals surface area contributed by atoms with Gasteiger partial charge in [-0.05, 0) is 12.1 Å². The molecule has 0 amide bonds. The Morgan fingerprint density at radius 1 is 1.57 bits per heavy atom. The maximum absolute atomic E-state index is 12.8. The third-order valence-electron chi connectivity index (χ3n) is 1.49. The van der Waals surface area contributed by atoms with Crippen molar-refractivity contribution in [1.82, 2.24) is 0 Å². The minimum absolute atomic E-state index is 0.0370. The molecule has 0 saturated heterocycles. The van der Waals surface area contributed by atoms with Crippen molar-refractivity contribution in [3.63, 3.8) is 0 Å². The highest BCUT2D eigenvalue weighted by Crippen LogP contribution is 2.19. The lowest BCUT2D eigenvalue weighted by molar-refractivity contribution is -0.131. The lowest BCUT2D eigenvalue weighted by atomic mass is 10.2. The standard InChI is InChI=1S/C9H9FN2O2/c1-5(13)14-8-4-6(10)2-3-7(8)9(11)12/h2-4H,1H3,(H3,11,12). The summed E-state index contributed by atoms with van der Waals surface area (Å²) in [6, 6.07) is 3.44. The molecule has 0 aliphatic heterocycles. The number of benzene rings is 1. The molecular weight excluding hydrogens is 187 g/mol. The number of esters is 1. The predicted molar refractivity (Wildman–Crippen MR) is 48.7 cm³/mol. The Labute approximate surface area is 80.0 Å². The second-order valence-electron chi connectivity index (χ2n) is 2.65. The summed E-state index contributed by atoms with van der Waals surface area (Å²) < 4.78 is 17.4. The summed E-state index contributed by atoms with van der Waals surface area (Å²) in [7, 11) is 0. The van der Waals surface area contributed by atoms with Gasteiger partial charge in [0, 0.05) is 13.0 Å². The summed E-state index contributed by atoms with van der Waals surface area (Å²) in [6.07, 6.45) is 0. The first-order valence-corrected chi connectivity index (χ1v) is 3.83. The van der Waals surface area contributed by atoms with Gasteiger partial charge in [0.2, 0.25) is 0 Å². The molecule has 0 radical (unpaired) electrons. The normalized spacial score (nSPS) is 9.57. The molecule has 0 atom stereocenters. The predicted octanol–water partition coefficient (Wildman–Crippen LogP) is 1.04. The monoisotopic (exact) mass is 196 g/mol. The van der Waals surface area contributed by atoms with E-state index in [0.717, 1.165) is 12.1 Å². The van der Waals surface area contributed by atoms with Crippen molar-refractivity contribution in [3.8, 4) is 5.75 Å². The number of halogens is 1. The van der Waals surface area contributed by atoms with Crippen LogP contribution in [0.5, 0.6) is 5.75 Å². The summed E-state index contributed by atoms with van der Waals surface area (Å²) in [5.74, 6) is -1.45. The van der Waals surface area contributed by atoms with E-state index < -0.39 is 11.8 Å². The molecule has 74 valence electrons. The van der Waals surface area contributed by atoms with Crippen LogP contribution in [0.1, 0.15) is 12.5 Å². The second-order valence-corrected chi connectivity index (χ2v) is 2.65. The minimum Gasteiger partial charge on any atom is -0.426 e. The first-order chi connectivity index (χ1) is 6.50. The van der Waals surface area contributed by atoms with Gasteiger partial charge in [-0.1, -0.05) is 0 Å². The third kappa shape index (κ3) is 2.29. The summed E-state index contributed by atoms with van der Waals surface area (Å²) in [4.78, 5) is 10.6. The van der Waals surface area contributed by atoms with Crippen molar-refractivity contribution in [2.75, 3.05) is 0 Å². The van der Waals surface area contributed by atoms with E-state index in [0.29, 0.717) is 0 Å². The van der Waals surface area contributed by atoms with E-state index in [1.54, 1.807) is 0 Å². The van der Waals surface area contributed by atoms with Crippen molar-refractivity contribution < 1.29 is 13.9 Å². The number of ether oxygens (including phenoxy) is 1. The van der Waals surface area contributed by atoms with Crippen LogP contribution in [-0.4, -0.2) is 11.8 Å². The van der Waals surface area contributed by atoms with E-state index >= 15 is 0 Å². The van der Waals surface area contributed by atoms with Crippen molar-refractivity contribution in [2.45, 2.75) is 6.92 Å². The maximum atomic E-state index is 12.8. The fourth-order valence-electron chi connectivity index (χ4n) is 0.958. The highest BCUT2D eigenvalue weighted by molar-refractivity contribution is 5.98. The van der Waals surface area contributed by atoms with E-state index in [1.165, 1.54) is 13.0 Å². The minimum atomic E-state index is -0.585. The Bertz CT molecular complexity index is 390. The molecule has 0 heterocycles. The summed E-state index contributed by atoms with van der Waals surface area (Å²) in [5.41, 5.74) is 5.41. The molecular formula is C9H9FN2O2. The average Bonchev–Trinajstić information content (AvgIpc) is 2.01. The number of carbonyl (C=O) groups is 1. The molecule has 1 aromatic rings. The van der Waals surface area contributed by atoms with Crippen molar-refractivity contribution in [3.05, 3.63) is 29.6 Å². The summed E-state index contributed by atoms with van der Waals surface area (Å²) >= 11 is 0. The van der Waals surface area contributed by atoms with Crippen LogP contribution < -0.4 is 10.5 Å². The Morgan fingerprint density at radius 3 is 2.71 bits per heavy atom. The Kier molecular flexibility index (Phi) is 2.81. The molecule has 0 aliphatic rings. The lowest BCUT2D eigenvalue weighted by Crippen LogP contribution is -2.14. The van der Waals surface area contributed by atoms with Crippen LogP contribution in [0, 0.1) is 11.2 Å². The highest BCUT2D eigenvalue weighted by atomic mass is 19.1. The fourth-order valence-corrected chi connectivity index (χ4v) is 0.958. The molecule has 0 fully saturated rings. The van der Waals surface area contributed by atoms with Crippen LogP contribution in [0.4, 0.5) is 4.39 Å². The molecule has 3 N–H and O–H groups in total. The van der Waals surface area contributed by atoms with Gasteiger partial charge in [-0.15, -0.1) is 0 Å². The van der Waals surface area contributed by atoms with Crippen molar-refractivity contribution in [1.29, 1.82) is 5.41 Å². The third-order valence-corrected chi connectivity index (χ3v) is 1.49. The number of hydrogen-bond donors (Lipinski definition) is 2. The maximum Gasteiger partial charge on any atom is 0.308 e. The zero-order valence-electron chi connectivity index (χ0n) is 7.50. The van der Waals surface area contributed by atoms with Crippen LogP contribution >= 0.6 is 0 Å². The van der Waals surface area contributed by atoms with Crippen LogP contribution in [-0.2, 0) is 4.79 Å². The van der Waals surface area contributed by atoms with E-state index in [-0.39, 0.29) is 17.1 Å². The van der Waals surface area contributed by atoms with E-state index in [9.17, 15) is 9.18 Å². The molecule has 5 heteroatoms. The SMILES string of the molecule is CC(=O)Oc1cc(F)ccc1C(=N)N. The van der Waals surface area contributed by atoms with Gasteiger partial charge >= 0.3 is 5.97 Å². The average molecular weight is 196 g/mol. The van der Waals surface area contributed by atoms with Gasteiger partial charge in [0.15, 0.2) is 0 Å². The van der Waals surface area contributed by atoms with E-state index in [4.69, 9.17) is 11.1 Å². The van der Waals surface area contributed by atoms with Crippen LogP contribution in [0.3, 0.4) is 0 Å². The first-order valence-electron chi connectivity index (χ1n) is 3.83. The van der Waals surface area contributed by atoms with Crippen LogP contribution in [0.15, 0.2) is 18.2 Å². The number of nitrogens with one attached hydrogen (secondary N) is 1. The molecule has 4 nitrogen and oxygen atoms in total. The van der Waals surface area contributed by atoms with Gasteiger partial charge in [-0.2, -0.15) is 0 Å². The number of hydrogen-bond acceptors (Lipinski definition) is 3. The zero-order chi connectivity index (χ0) is 10.7. The molecule has 0 bridgehead atoms. The number of rotatable bonds is 2. The Morgan fingerprint density at radius 2 is 2.21 bits per heavy atom. The van der Waals surface area contributed by atoms with Gasteiger partial charge in [0.1, 0.15) is 17.4 Å². The number of nitrogens with two attached hydrogens (primary N) is 1. The number of amidine groups is 1. The zero-order valence-corrected chi connectivity index (χ0v) is 7.50. The molecule has 0 unspecified atom stereocenters. The fraction of sp³-hybridized carbons (Fsp3) is 0.111. The summed E-state index contributed by atoms with van der Waals surface area (Å²) in [6.45, 7) is 1.19. The smallest absolute Gasteiger partial charge is 0.308 e. The van der Waals surface area contributed by atoms with Gasteiger partial charge in [0.05, 0.1) is 5.56 Å². The van der Waals surface area contributed by atoms with Crippen molar-refractivity contribution >= 4 is 11.8 Å². The molecule has 0 aliphatic carbocycles. The molecule has 0 aromatic heterocycles. The molecule has 14 heavy (non-hydrogen) atoms. The van der Waals surface area contributed by atoms with Crippen LogP contribution in [0.25, 0.3) is 0 Å².